The lowest BCUT2D eigenvalue weighted by molar-refractivity contribution is -0.384. The van der Waals surface area contributed by atoms with Crippen LogP contribution in [0.25, 0.3) is 32.3 Å². The molecule has 4 aromatic rings. The molecule has 0 aliphatic heterocycles. The predicted molar refractivity (Wildman–Crippen MR) is 263 cm³/mol. The summed E-state index contributed by atoms with van der Waals surface area (Å²) >= 11 is 0. The largest absolute Gasteiger partial charge is 0.490 e. The minimum absolute atomic E-state index is 0.104. The smallest absolute Gasteiger partial charge is 0.323 e. The molecule has 0 aromatic heterocycles. The third-order valence-electron chi connectivity index (χ3n) is 11.9. The van der Waals surface area contributed by atoms with Gasteiger partial charge in [-0.1, -0.05) is 181 Å². The van der Waals surface area contributed by atoms with Gasteiger partial charge in [0.1, 0.15) is 0 Å². The molecule has 0 saturated carbocycles. The zero-order valence-electron chi connectivity index (χ0n) is 40.3. The number of nitro groups is 1. The van der Waals surface area contributed by atoms with Crippen LogP contribution in [0.15, 0.2) is 30.3 Å². The summed E-state index contributed by atoms with van der Waals surface area (Å²) < 4.78 is 41.0. The van der Waals surface area contributed by atoms with Crippen molar-refractivity contribution in [2.24, 2.45) is 0 Å². The number of nitrogens with zero attached hydrogens (tertiary/aromatic N) is 1. The molecule has 4 aromatic carbocycles. The number of hydrogen-bond acceptors (Lipinski definition) is 8. The standard InChI is InChI=1S/C54H83NO8/c1-7-13-19-27-35-58-45-41-44-42-33-25-26-34-43(42)46-48(47(44)51(60-37-29-21-15-9-3)50(45)59-36-28-20-14-8-2)52(61-38-30-22-16-10-4)54(63-40-32-24-18-12-6)53(49(46)55(56)57)62-39-31-23-17-11-5/h25-26,33-34,41H,7-24,27-32,35-40H2,1-6H3. The molecule has 352 valence electrons. The van der Waals surface area contributed by atoms with Crippen molar-refractivity contribution in [2.45, 2.75) is 196 Å². The molecule has 63 heavy (non-hydrogen) atoms. The van der Waals surface area contributed by atoms with Crippen molar-refractivity contribution in [3.8, 4) is 34.5 Å². The number of fused-ring (bicyclic) bond motifs is 6. The van der Waals surface area contributed by atoms with Gasteiger partial charge in [-0.15, -0.1) is 0 Å². The topological polar surface area (TPSA) is 98.5 Å². The van der Waals surface area contributed by atoms with Gasteiger partial charge in [0.05, 0.1) is 50.0 Å². The van der Waals surface area contributed by atoms with E-state index in [9.17, 15) is 10.1 Å². The third kappa shape index (κ3) is 15.2. The van der Waals surface area contributed by atoms with E-state index in [1.807, 2.05) is 18.2 Å². The second-order valence-corrected chi connectivity index (χ2v) is 17.3. The minimum atomic E-state index is -0.277. The fraction of sp³-hybridized carbons (Fsp3) is 0.667. The van der Waals surface area contributed by atoms with E-state index in [1.54, 1.807) is 0 Å². The van der Waals surface area contributed by atoms with Crippen LogP contribution < -0.4 is 28.4 Å². The average molecular weight is 874 g/mol. The van der Waals surface area contributed by atoms with Gasteiger partial charge < -0.3 is 28.4 Å². The van der Waals surface area contributed by atoms with E-state index >= 15 is 0 Å². The Morgan fingerprint density at radius 2 is 0.746 bits per heavy atom. The van der Waals surface area contributed by atoms with Gasteiger partial charge in [0.25, 0.3) is 0 Å². The number of nitro benzene ring substituents is 1. The SMILES string of the molecule is CCCCCCOc1cc2c3ccccc3c3c([N+](=O)[O-])c(OCCCCCC)c(OCCCCCC)c(OCCCCCC)c3c2c(OCCCCCC)c1OCCCCCC. The molecule has 0 atom stereocenters. The Morgan fingerprint density at radius 3 is 1.17 bits per heavy atom. The maximum atomic E-state index is 13.8. The Labute approximate surface area is 380 Å². The second-order valence-electron chi connectivity index (χ2n) is 17.3. The molecule has 0 fully saturated rings. The maximum Gasteiger partial charge on any atom is 0.323 e. The summed E-state index contributed by atoms with van der Waals surface area (Å²) in [7, 11) is 0. The van der Waals surface area contributed by atoms with Gasteiger partial charge in [-0.25, -0.2) is 0 Å². The van der Waals surface area contributed by atoms with Crippen molar-refractivity contribution >= 4 is 38.0 Å². The second kappa shape index (κ2) is 30.1. The summed E-state index contributed by atoms with van der Waals surface area (Å²) in [4.78, 5) is 13.5. The molecule has 9 heteroatoms. The number of benzene rings is 4. The highest BCUT2D eigenvalue weighted by atomic mass is 16.6. The summed E-state index contributed by atoms with van der Waals surface area (Å²) in [6.45, 7) is 15.9. The van der Waals surface area contributed by atoms with Crippen LogP contribution >= 0.6 is 0 Å². The van der Waals surface area contributed by atoms with E-state index in [1.165, 1.54) is 0 Å². The van der Waals surface area contributed by atoms with Gasteiger partial charge in [0.2, 0.25) is 17.2 Å². The molecule has 0 radical (unpaired) electrons. The molecular formula is C54H83NO8. The lowest BCUT2D eigenvalue weighted by Crippen LogP contribution is -2.10. The van der Waals surface area contributed by atoms with Crippen molar-refractivity contribution in [3.05, 3.63) is 40.4 Å². The minimum Gasteiger partial charge on any atom is -0.490 e. The zero-order valence-corrected chi connectivity index (χ0v) is 40.3. The molecular weight excluding hydrogens is 791 g/mol. The van der Waals surface area contributed by atoms with Crippen LogP contribution in [-0.4, -0.2) is 44.6 Å². The first-order valence-corrected chi connectivity index (χ1v) is 25.4. The Bertz CT molecular complexity index is 1930. The highest BCUT2D eigenvalue weighted by molar-refractivity contribution is 6.32. The Kier molecular flexibility index (Phi) is 24.6. The highest BCUT2D eigenvalue weighted by Gasteiger charge is 2.35. The third-order valence-corrected chi connectivity index (χ3v) is 11.9. The van der Waals surface area contributed by atoms with Gasteiger partial charge in [-0.05, 0) is 60.7 Å². The molecule has 0 bridgehead atoms. The fourth-order valence-electron chi connectivity index (χ4n) is 8.37. The van der Waals surface area contributed by atoms with Crippen molar-refractivity contribution in [1.82, 2.24) is 0 Å². The number of ether oxygens (including phenoxy) is 6. The lowest BCUT2D eigenvalue weighted by Gasteiger charge is -2.24. The summed E-state index contributed by atoms with van der Waals surface area (Å²) in [5, 5.41) is 18.1. The Hall–Kier alpha value is -4.14. The van der Waals surface area contributed by atoms with Crippen molar-refractivity contribution in [1.29, 1.82) is 0 Å². The monoisotopic (exact) mass is 874 g/mol. The van der Waals surface area contributed by atoms with E-state index in [-0.39, 0.29) is 16.4 Å². The zero-order chi connectivity index (χ0) is 45.1. The molecule has 0 N–H and O–H groups in total. The summed E-state index contributed by atoms with van der Waals surface area (Å²) in [5.74, 6) is 2.66. The normalized spacial score (nSPS) is 11.5. The number of unbranched alkanes of at least 4 members (excludes halogenated alkanes) is 18. The van der Waals surface area contributed by atoms with Crippen LogP contribution in [0.2, 0.25) is 0 Å². The average Bonchev–Trinajstić information content (AvgIpc) is 3.29. The van der Waals surface area contributed by atoms with Crippen LogP contribution in [0.5, 0.6) is 34.5 Å². The summed E-state index contributed by atoms with van der Waals surface area (Å²) in [6, 6.07) is 10.1. The molecule has 4 rings (SSSR count). The van der Waals surface area contributed by atoms with Gasteiger partial charge in [0.15, 0.2) is 17.2 Å². The van der Waals surface area contributed by atoms with Gasteiger partial charge >= 0.3 is 5.69 Å². The van der Waals surface area contributed by atoms with Crippen LogP contribution in [0.1, 0.15) is 196 Å². The first-order valence-electron chi connectivity index (χ1n) is 25.4. The van der Waals surface area contributed by atoms with E-state index in [0.29, 0.717) is 79.2 Å². The number of hydrogen-bond donors (Lipinski definition) is 0. The molecule has 0 spiro atoms. The van der Waals surface area contributed by atoms with Crippen LogP contribution in [-0.2, 0) is 0 Å². The van der Waals surface area contributed by atoms with Crippen LogP contribution in [0, 0.1) is 10.1 Å². The van der Waals surface area contributed by atoms with E-state index in [0.717, 1.165) is 176 Å². The van der Waals surface area contributed by atoms with E-state index in [4.69, 9.17) is 28.4 Å². The molecule has 0 unspecified atom stereocenters. The van der Waals surface area contributed by atoms with Crippen molar-refractivity contribution < 1.29 is 33.3 Å². The van der Waals surface area contributed by atoms with E-state index < -0.39 is 0 Å². The van der Waals surface area contributed by atoms with Gasteiger partial charge in [-0.2, -0.15) is 0 Å². The van der Waals surface area contributed by atoms with Gasteiger partial charge in [-0.3, -0.25) is 10.1 Å². The molecule has 0 saturated heterocycles. The van der Waals surface area contributed by atoms with Crippen LogP contribution in [0.4, 0.5) is 5.69 Å². The van der Waals surface area contributed by atoms with Crippen molar-refractivity contribution in [3.63, 3.8) is 0 Å². The predicted octanol–water partition coefficient (Wildman–Crippen LogP) is 16.8. The first-order chi connectivity index (χ1) is 31.0. The quantitative estimate of drug-likeness (QED) is 0.0191. The lowest BCUT2D eigenvalue weighted by atomic mass is 9.91. The Balaban J connectivity index is 2.19. The molecule has 0 amide bonds. The summed E-state index contributed by atoms with van der Waals surface area (Å²) in [5.41, 5.74) is -0.104. The van der Waals surface area contributed by atoms with Crippen molar-refractivity contribution in [2.75, 3.05) is 39.6 Å². The molecule has 0 aliphatic carbocycles. The van der Waals surface area contributed by atoms with Gasteiger partial charge in [0, 0.05) is 10.8 Å². The van der Waals surface area contributed by atoms with E-state index in [2.05, 4.69) is 53.7 Å². The number of rotatable bonds is 37. The van der Waals surface area contributed by atoms with Crippen LogP contribution in [0.3, 0.4) is 0 Å². The highest BCUT2D eigenvalue weighted by Crippen LogP contribution is 2.58. The summed E-state index contributed by atoms with van der Waals surface area (Å²) in [6.07, 6.45) is 24.6. The maximum absolute atomic E-state index is 13.8. The molecule has 9 nitrogen and oxygen atoms in total. The molecule has 0 aliphatic rings. The fourth-order valence-corrected chi connectivity index (χ4v) is 8.37. The molecule has 0 heterocycles. The Morgan fingerprint density at radius 1 is 0.381 bits per heavy atom. The first kappa shape index (κ1) is 51.5.